The van der Waals surface area contributed by atoms with Gasteiger partial charge in [0, 0.05) is 19.1 Å². The summed E-state index contributed by atoms with van der Waals surface area (Å²) < 4.78 is 36.9. The smallest absolute Gasteiger partial charge is 0.304 e. The predicted octanol–water partition coefficient (Wildman–Crippen LogP) is 0.985. The summed E-state index contributed by atoms with van der Waals surface area (Å²) in [6.45, 7) is 1.46. The monoisotopic (exact) mass is 194 g/mol. The molecule has 0 amide bonds. The van der Waals surface area contributed by atoms with E-state index in [9.17, 15) is 13.2 Å². The van der Waals surface area contributed by atoms with E-state index in [0.29, 0.717) is 12.6 Å². The summed E-state index contributed by atoms with van der Waals surface area (Å²) in [5, 5.41) is 2.56. The molecule has 0 aliphatic carbocycles. The summed E-state index contributed by atoms with van der Waals surface area (Å²) in [6.07, 6.45) is -2.01. The van der Waals surface area contributed by atoms with Crippen LogP contribution in [0.4, 0.5) is 13.2 Å². The van der Waals surface area contributed by atoms with Gasteiger partial charge in [-0.05, 0) is 19.4 Å². The first kappa shape index (κ1) is 9.27. The van der Waals surface area contributed by atoms with Gasteiger partial charge in [-0.1, -0.05) is 0 Å². The average Bonchev–Trinajstić information content (AvgIpc) is 2.47. The van der Waals surface area contributed by atoms with Gasteiger partial charge in [-0.25, -0.2) is 0 Å². The van der Waals surface area contributed by atoms with E-state index in [-0.39, 0.29) is 6.54 Å². The van der Waals surface area contributed by atoms with Gasteiger partial charge < -0.3 is 5.32 Å². The van der Waals surface area contributed by atoms with Crippen LogP contribution in [0.1, 0.15) is 12.8 Å². The summed E-state index contributed by atoms with van der Waals surface area (Å²) >= 11 is 0. The topological polar surface area (TPSA) is 15.3 Å². The zero-order chi connectivity index (χ0) is 9.47. The fourth-order valence-corrected chi connectivity index (χ4v) is 2.16. The van der Waals surface area contributed by atoms with E-state index < -0.39 is 12.2 Å². The van der Waals surface area contributed by atoms with Crippen molar-refractivity contribution in [2.45, 2.75) is 31.1 Å². The Bertz CT molecular complexity index is 192. The molecule has 2 nitrogen and oxygen atoms in total. The number of halogens is 3. The largest absolute Gasteiger partial charge is 0.405 e. The van der Waals surface area contributed by atoms with Crippen LogP contribution in [0.3, 0.4) is 0 Å². The van der Waals surface area contributed by atoms with Gasteiger partial charge in [0.1, 0.15) is 6.04 Å². The average molecular weight is 194 g/mol. The molecule has 5 heteroatoms. The highest BCUT2D eigenvalue weighted by atomic mass is 19.4. The van der Waals surface area contributed by atoms with E-state index >= 15 is 0 Å². The highest BCUT2D eigenvalue weighted by Crippen LogP contribution is 2.27. The minimum Gasteiger partial charge on any atom is -0.304 e. The summed E-state index contributed by atoms with van der Waals surface area (Å²) in [5.74, 6) is 0. The van der Waals surface area contributed by atoms with Crippen LogP contribution in [0, 0.1) is 0 Å². The number of piperazine rings is 1. The minimum atomic E-state index is -4.09. The van der Waals surface area contributed by atoms with Crippen LogP contribution < -0.4 is 5.32 Å². The number of hydrogen-bond donors (Lipinski definition) is 1. The number of nitrogens with one attached hydrogen (secondary N) is 1. The molecule has 0 radical (unpaired) electrons. The maximum absolute atomic E-state index is 12.3. The zero-order valence-electron chi connectivity index (χ0n) is 7.27. The van der Waals surface area contributed by atoms with Crippen molar-refractivity contribution in [3.63, 3.8) is 0 Å². The van der Waals surface area contributed by atoms with Gasteiger partial charge in [0.2, 0.25) is 0 Å². The Morgan fingerprint density at radius 1 is 1.31 bits per heavy atom. The highest BCUT2D eigenvalue weighted by Gasteiger charge is 2.44. The molecule has 2 saturated heterocycles. The molecular formula is C8H13F3N2. The van der Waals surface area contributed by atoms with E-state index in [2.05, 4.69) is 5.32 Å². The molecule has 2 atom stereocenters. The molecule has 0 spiro atoms. The van der Waals surface area contributed by atoms with Crippen molar-refractivity contribution < 1.29 is 13.2 Å². The lowest BCUT2D eigenvalue weighted by Gasteiger charge is -2.36. The number of alkyl halides is 3. The van der Waals surface area contributed by atoms with Gasteiger partial charge in [0.05, 0.1) is 0 Å². The molecule has 1 N–H and O–H groups in total. The van der Waals surface area contributed by atoms with Gasteiger partial charge >= 0.3 is 6.18 Å². The van der Waals surface area contributed by atoms with Crippen LogP contribution in [-0.2, 0) is 0 Å². The lowest BCUT2D eigenvalue weighted by Crippen LogP contribution is -2.59. The lowest BCUT2D eigenvalue weighted by atomic mass is 10.1. The Morgan fingerprint density at radius 2 is 2.08 bits per heavy atom. The summed E-state index contributed by atoms with van der Waals surface area (Å²) in [7, 11) is 0. The second kappa shape index (κ2) is 3.13. The summed E-state index contributed by atoms with van der Waals surface area (Å²) in [5.41, 5.74) is 0. The zero-order valence-corrected chi connectivity index (χ0v) is 7.27. The van der Waals surface area contributed by atoms with E-state index in [1.165, 1.54) is 0 Å². The minimum absolute atomic E-state index is 0.133. The first-order chi connectivity index (χ1) is 6.07. The Kier molecular flexibility index (Phi) is 2.23. The molecule has 2 aliphatic rings. The fourth-order valence-electron chi connectivity index (χ4n) is 2.16. The second-order valence-corrected chi connectivity index (χ2v) is 3.79. The molecule has 2 heterocycles. The van der Waals surface area contributed by atoms with Crippen molar-refractivity contribution in [2.24, 2.45) is 0 Å². The Balaban J connectivity index is 1.97. The maximum atomic E-state index is 12.3. The summed E-state index contributed by atoms with van der Waals surface area (Å²) in [6, 6.07) is -0.972. The fraction of sp³-hybridized carbons (Fsp3) is 1.00. The normalized spacial score (nSPS) is 36.2. The van der Waals surface area contributed by atoms with Crippen molar-refractivity contribution in [1.82, 2.24) is 10.2 Å². The number of rotatable bonds is 0. The van der Waals surface area contributed by atoms with Crippen LogP contribution in [-0.4, -0.2) is 42.8 Å². The predicted molar refractivity (Wildman–Crippen MR) is 42.4 cm³/mol. The first-order valence-corrected chi connectivity index (χ1v) is 4.61. The quantitative estimate of drug-likeness (QED) is 0.618. The van der Waals surface area contributed by atoms with Gasteiger partial charge in [0.25, 0.3) is 0 Å². The van der Waals surface area contributed by atoms with Gasteiger partial charge in [-0.3, -0.25) is 4.90 Å². The van der Waals surface area contributed by atoms with Crippen LogP contribution in [0.2, 0.25) is 0 Å². The third-order valence-electron chi connectivity index (χ3n) is 2.91. The Morgan fingerprint density at radius 3 is 2.77 bits per heavy atom. The molecule has 76 valence electrons. The third-order valence-corrected chi connectivity index (χ3v) is 2.91. The van der Waals surface area contributed by atoms with E-state index in [1.807, 2.05) is 4.90 Å². The van der Waals surface area contributed by atoms with Crippen LogP contribution in [0.15, 0.2) is 0 Å². The molecule has 2 fully saturated rings. The molecule has 0 aromatic carbocycles. The molecule has 0 bridgehead atoms. The van der Waals surface area contributed by atoms with Crippen LogP contribution in [0.5, 0.6) is 0 Å². The lowest BCUT2D eigenvalue weighted by molar-refractivity contribution is -0.166. The van der Waals surface area contributed by atoms with Crippen molar-refractivity contribution in [3.8, 4) is 0 Å². The van der Waals surface area contributed by atoms with E-state index in [4.69, 9.17) is 0 Å². The number of fused-ring (bicyclic) bond motifs is 1. The van der Waals surface area contributed by atoms with Gasteiger partial charge in [-0.2, -0.15) is 13.2 Å². The van der Waals surface area contributed by atoms with E-state index in [1.54, 1.807) is 0 Å². The molecule has 0 aromatic rings. The molecule has 2 rings (SSSR count). The number of nitrogens with zero attached hydrogens (tertiary/aromatic N) is 1. The Hall–Kier alpha value is -0.290. The molecule has 13 heavy (non-hydrogen) atoms. The van der Waals surface area contributed by atoms with Crippen molar-refractivity contribution in [3.05, 3.63) is 0 Å². The first-order valence-electron chi connectivity index (χ1n) is 4.61. The van der Waals surface area contributed by atoms with Crippen molar-refractivity contribution in [1.29, 1.82) is 0 Å². The Labute approximate surface area is 75.1 Å². The van der Waals surface area contributed by atoms with Gasteiger partial charge in [0.15, 0.2) is 0 Å². The van der Waals surface area contributed by atoms with Crippen LogP contribution >= 0.6 is 0 Å². The van der Waals surface area contributed by atoms with Crippen LogP contribution in [0.25, 0.3) is 0 Å². The highest BCUT2D eigenvalue weighted by molar-refractivity contribution is 4.92. The SMILES string of the molecule is FC(F)(F)C1CN2CCCC2CN1. The summed E-state index contributed by atoms with van der Waals surface area (Å²) in [4.78, 5) is 1.95. The molecule has 2 aliphatic heterocycles. The third kappa shape index (κ3) is 1.81. The molecular weight excluding hydrogens is 181 g/mol. The van der Waals surface area contributed by atoms with Crippen molar-refractivity contribution >= 4 is 0 Å². The maximum Gasteiger partial charge on any atom is 0.405 e. The second-order valence-electron chi connectivity index (χ2n) is 3.79. The molecule has 0 aromatic heterocycles. The van der Waals surface area contributed by atoms with Crippen molar-refractivity contribution in [2.75, 3.05) is 19.6 Å². The molecule has 0 saturated carbocycles. The van der Waals surface area contributed by atoms with E-state index in [0.717, 1.165) is 19.4 Å². The van der Waals surface area contributed by atoms with Gasteiger partial charge in [-0.15, -0.1) is 0 Å². The standard InChI is InChI=1S/C8H13F3N2/c9-8(10,11)7-5-13-3-1-2-6(13)4-12-7/h6-7,12H,1-5H2. The number of hydrogen-bond acceptors (Lipinski definition) is 2. The molecule has 2 unspecified atom stereocenters.